The molecule has 0 atom stereocenters. The zero-order chi connectivity index (χ0) is 10.2. The van der Waals surface area contributed by atoms with E-state index in [1.165, 1.54) is 25.7 Å². The average Bonchev–Trinajstić information content (AvgIpc) is 2.12. The Labute approximate surface area is 166 Å². The molecule has 0 amide bonds. The maximum Gasteiger partial charge on any atom is 0 e. The summed E-state index contributed by atoms with van der Waals surface area (Å²) in [6.45, 7) is 15.7. The van der Waals surface area contributed by atoms with Gasteiger partial charge in [0.1, 0.15) is 0 Å². The van der Waals surface area contributed by atoms with E-state index in [4.69, 9.17) is 0 Å². The Morgan fingerprint density at radius 1 is 0.706 bits per heavy atom. The first-order chi connectivity index (χ1) is 5.83. The molecule has 0 aliphatic heterocycles. The average molecular weight is 396 g/mol. The van der Waals surface area contributed by atoms with Crippen LogP contribution >= 0.6 is 0 Å². The van der Waals surface area contributed by atoms with Gasteiger partial charge in [0.15, 0.2) is 0 Å². The van der Waals surface area contributed by atoms with E-state index in [1.807, 2.05) is 13.8 Å². The molecule has 0 N–H and O–H groups in total. The second-order valence-corrected chi connectivity index (χ2v) is 2.41. The van der Waals surface area contributed by atoms with Crippen LogP contribution in [0.5, 0.6) is 0 Å². The first-order valence-electron chi connectivity index (χ1n) is 5.41. The first-order valence-corrected chi connectivity index (χ1v) is 5.41. The van der Waals surface area contributed by atoms with Gasteiger partial charge >= 0.3 is 0 Å². The van der Waals surface area contributed by atoms with Crippen LogP contribution in [0.4, 0.5) is 0 Å². The summed E-state index contributed by atoms with van der Waals surface area (Å²) >= 11 is 0. The van der Waals surface area contributed by atoms with E-state index in [0.29, 0.717) is 0 Å². The minimum absolute atomic E-state index is 0. The third kappa shape index (κ3) is 124. The number of rotatable bonds is 4. The number of unbranched alkanes of at least 4 members (excludes halogenated alkanes) is 4. The van der Waals surface area contributed by atoms with Crippen molar-refractivity contribution in [3.8, 4) is 0 Å². The van der Waals surface area contributed by atoms with Crippen LogP contribution in [0.15, 0.2) is 0 Å². The zero-order valence-corrected chi connectivity index (χ0v) is 18.5. The van der Waals surface area contributed by atoms with Gasteiger partial charge in [-0.3, -0.25) is 0 Å². The van der Waals surface area contributed by atoms with E-state index < -0.39 is 0 Å². The third-order valence-corrected chi connectivity index (χ3v) is 1.21. The predicted octanol–water partition coefficient (Wildman–Crippen LogP) is 6.58. The Kier molecular flexibility index (Phi) is 239. The van der Waals surface area contributed by atoms with Crippen molar-refractivity contribution < 1.29 is 65.4 Å². The normalized spacial score (nSPS) is 5.29. The Bertz CT molecular complexity index is 29.9. The van der Waals surface area contributed by atoms with Crippen LogP contribution < -0.4 is 0 Å². The molecule has 0 saturated carbocycles. The van der Waals surface area contributed by atoms with Crippen LogP contribution in [0.25, 0.3) is 0 Å². The summed E-state index contributed by atoms with van der Waals surface area (Å²) in [7, 11) is 0. The molecule has 0 aromatic carbocycles. The van der Waals surface area contributed by atoms with Crippen LogP contribution in [-0.4, -0.2) is 0 Å². The summed E-state index contributed by atoms with van der Waals surface area (Å²) < 4.78 is 0. The van der Waals surface area contributed by atoms with Crippen LogP contribution in [0.3, 0.4) is 0 Å². The topological polar surface area (TPSA) is 0 Å². The smallest absolute Gasteiger partial charge is 0 e. The molecule has 0 saturated heterocycles. The Morgan fingerprint density at radius 3 is 0.941 bits per heavy atom. The second kappa shape index (κ2) is 80.0. The van der Waals surface area contributed by atoms with Crippen molar-refractivity contribution >= 4 is 0 Å². The van der Waals surface area contributed by atoms with Crippen molar-refractivity contribution in [3.63, 3.8) is 0 Å². The quantitative estimate of drug-likeness (QED) is 0.471. The molecule has 0 fully saturated rings. The largest absolute Gasteiger partial charge is 0.358 e. The summed E-state index contributed by atoms with van der Waals surface area (Å²) in [5, 5.41) is 0. The van der Waals surface area contributed by atoms with Crippen molar-refractivity contribution in [1.82, 2.24) is 0 Å². The van der Waals surface area contributed by atoms with Gasteiger partial charge in [0.05, 0.1) is 0 Å². The first kappa shape index (κ1) is 50.7. The van der Waals surface area contributed by atoms with Gasteiger partial charge in [-0.05, 0) is 0 Å². The minimum atomic E-state index is 0. The molecule has 0 nitrogen and oxygen atoms in total. The molecule has 0 aliphatic rings. The Morgan fingerprint density at radius 2 is 0.941 bits per heavy atom. The van der Waals surface area contributed by atoms with Crippen molar-refractivity contribution in [2.24, 2.45) is 0 Å². The molecule has 0 bridgehead atoms. The standard InChI is InChI=1S/C5H12.C5H10.C2H6.CH4.2CH3.2Y/c2*1-3-5-4-2;1-2;;;;;/h3-5H2,1-2H3;1-5H2;1-2H3;1H4;2*1H3;;/q;-2;;;2*-1;;. The zero-order valence-electron chi connectivity index (χ0n) is 12.8. The molecule has 0 heterocycles. The van der Waals surface area contributed by atoms with Gasteiger partial charge in [-0.15, -0.1) is 6.42 Å². The monoisotopic (exact) mass is 396 g/mol. The molecule has 108 valence electrons. The Balaban J connectivity index is -0.0000000110. The van der Waals surface area contributed by atoms with Gasteiger partial charge < -0.3 is 28.7 Å². The summed E-state index contributed by atoms with van der Waals surface area (Å²) in [6.07, 6.45) is 7.31. The maximum absolute atomic E-state index is 3.64. The fraction of sp³-hybridized carbons (Fsp3) is 0.733. The molecule has 0 aromatic rings. The van der Waals surface area contributed by atoms with Gasteiger partial charge in [0, 0.05) is 65.4 Å². The fourth-order valence-corrected chi connectivity index (χ4v) is 0.530. The van der Waals surface area contributed by atoms with E-state index in [0.717, 1.165) is 12.8 Å². The van der Waals surface area contributed by atoms with E-state index in [9.17, 15) is 0 Å². The van der Waals surface area contributed by atoms with Gasteiger partial charge in [-0.25, -0.2) is 0 Å². The van der Waals surface area contributed by atoms with Crippen LogP contribution in [0.1, 0.15) is 73.6 Å². The molecular formula is C15H38Y2-4. The van der Waals surface area contributed by atoms with Gasteiger partial charge in [0.2, 0.25) is 0 Å². The van der Waals surface area contributed by atoms with E-state index >= 15 is 0 Å². The molecule has 17 heavy (non-hydrogen) atoms. The van der Waals surface area contributed by atoms with Crippen molar-refractivity contribution in [2.45, 2.75) is 73.6 Å². The Hall–Kier alpha value is 2.21. The van der Waals surface area contributed by atoms with E-state index in [-0.39, 0.29) is 87.7 Å². The van der Waals surface area contributed by atoms with Gasteiger partial charge in [-0.1, -0.05) is 54.4 Å². The van der Waals surface area contributed by atoms with Gasteiger partial charge in [-0.2, -0.15) is 12.8 Å². The SMILES string of the molecule is C.CC.CCCCC.[CH2-]CCC[CH2-].[CH3-].[CH3-].[Y].[Y]. The molecule has 2 heteroatoms. The van der Waals surface area contributed by atoms with Crippen LogP contribution in [0.2, 0.25) is 0 Å². The van der Waals surface area contributed by atoms with Crippen LogP contribution in [0, 0.1) is 28.7 Å². The van der Waals surface area contributed by atoms with Gasteiger partial charge in [0.25, 0.3) is 0 Å². The summed E-state index contributed by atoms with van der Waals surface area (Å²) in [6, 6.07) is 0. The van der Waals surface area contributed by atoms with E-state index in [1.54, 1.807) is 0 Å². The van der Waals surface area contributed by atoms with E-state index in [2.05, 4.69) is 27.7 Å². The molecule has 0 spiro atoms. The number of hydrogen-bond donors (Lipinski definition) is 0. The van der Waals surface area contributed by atoms with Crippen LogP contribution in [-0.2, 0) is 65.4 Å². The van der Waals surface area contributed by atoms with Crippen molar-refractivity contribution in [2.75, 3.05) is 0 Å². The van der Waals surface area contributed by atoms with Crippen molar-refractivity contribution in [1.29, 1.82) is 0 Å². The minimum Gasteiger partial charge on any atom is -0.358 e. The molecule has 0 aliphatic carbocycles. The fourth-order valence-electron chi connectivity index (χ4n) is 0.530. The number of hydrogen-bond acceptors (Lipinski definition) is 0. The molecule has 0 unspecified atom stereocenters. The third-order valence-electron chi connectivity index (χ3n) is 1.21. The van der Waals surface area contributed by atoms with Crippen molar-refractivity contribution in [3.05, 3.63) is 28.7 Å². The molecule has 0 rings (SSSR count). The predicted molar refractivity (Wildman–Crippen MR) is 80.7 cm³/mol. The summed E-state index contributed by atoms with van der Waals surface area (Å²) in [5.74, 6) is 0. The molecule has 0 aromatic heterocycles. The molecular weight excluding hydrogens is 358 g/mol. The second-order valence-electron chi connectivity index (χ2n) is 2.41. The summed E-state index contributed by atoms with van der Waals surface area (Å²) in [5.41, 5.74) is 0. The molecule has 2 radical (unpaired) electrons. The summed E-state index contributed by atoms with van der Waals surface area (Å²) in [4.78, 5) is 0. The maximum atomic E-state index is 3.64.